The predicted molar refractivity (Wildman–Crippen MR) is 77.2 cm³/mol. The summed E-state index contributed by atoms with van der Waals surface area (Å²) in [6.45, 7) is 6.62. The van der Waals surface area contributed by atoms with E-state index in [1.807, 2.05) is 18.7 Å². The average Bonchev–Trinajstić information content (AvgIpc) is 2.41. The molecule has 1 fully saturated rings. The van der Waals surface area contributed by atoms with Gasteiger partial charge in [0.05, 0.1) is 29.5 Å². The first kappa shape index (κ1) is 15.6. The first-order valence-electron chi connectivity index (χ1n) is 6.24. The Balaban J connectivity index is 0.000000861. The van der Waals surface area contributed by atoms with Crippen molar-refractivity contribution in [1.82, 2.24) is 0 Å². The molecule has 1 aliphatic rings. The summed E-state index contributed by atoms with van der Waals surface area (Å²) in [5.74, 6) is -1.05. The van der Waals surface area contributed by atoms with Crippen molar-refractivity contribution < 1.29 is 14.6 Å². The lowest BCUT2D eigenvalue weighted by Crippen LogP contribution is -2.36. The molecule has 1 aromatic carbocycles. The van der Waals surface area contributed by atoms with E-state index in [9.17, 15) is 4.79 Å². The fourth-order valence-corrected chi connectivity index (χ4v) is 2.10. The lowest BCUT2D eigenvalue weighted by Gasteiger charge is -2.30. The standard InChI is InChI=1S/C11H13ClN2O3.C2H6/c12-8-6-9(13)7(11(15)16)5-10(8)14-1-3-17-4-2-14;1-2/h5-6H,1-4,13H2,(H,15,16);1-2H3. The molecule has 19 heavy (non-hydrogen) atoms. The van der Waals surface area contributed by atoms with E-state index in [-0.39, 0.29) is 11.3 Å². The minimum Gasteiger partial charge on any atom is -0.478 e. The summed E-state index contributed by atoms with van der Waals surface area (Å²) in [5.41, 5.74) is 6.57. The van der Waals surface area contributed by atoms with Crippen molar-refractivity contribution in [2.75, 3.05) is 36.9 Å². The summed E-state index contributed by atoms with van der Waals surface area (Å²) in [4.78, 5) is 13.0. The van der Waals surface area contributed by atoms with Gasteiger partial charge in [-0.3, -0.25) is 0 Å². The van der Waals surface area contributed by atoms with Gasteiger partial charge in [-0.25, -0.2) is 4.79 Å². The Morgan fingerprint density at radius 3 is 2.47 bits per heavy atom. The quantitative estimate of drug-likeness (QED) is 0.817. The maximum Gasteiger partial charge on any atom is 0.337 e. The van der Waals surface area contributed by atoms with Crippen molar-refractivity contribution in [1.29, 1.82) is 0 Å². The molecule has 6 heteroatoms. The molecule has 0 aliphatic carbocycles. The molecule has 106 valence electrons. The van der Waals surface area contributed by atoms with E-state index in [1.54, 1.807) is 0 Å². The topological polar surface area (TPSA) is 75.8 Å². The van der Waals surface area contributed by atoms with Crippen LogP contribution in [0.3, 0.4) is 0 Å². The minimum absolute atomic E-state index is 0.0795. The van der Waals surface area contributed by atoms with Gasteiger partial charge in [-0.05, 0) is 12.1 Å². The van der Waals surface area contributed by atoms with Crippen molar-refractivity contribution in [2.24, 2.45) is 0 Å². The maximum atomic E-state index is 11.0. The van der Waals surface area contributed by atoms with Gasteiger partial charge in [-0.2, -0.15) is 0 Å². The highest BCUT2D eigenvalue weighted by Gasteiger charge is 2.18. The first-order chi connectivity index (χ1) is 9.09. The van der Waals surface area contributed by atoms with Crippen LogP contribution in [0.2, 0.25) is 5.02 Å². The Morgan fingerprint density at radius 1 is 1.37 bits per heavy atom. The number of hydrogen-bond donors (Lipinski definition) is 2. The smallest absolute Gasteiger partial charge is 0.337 e. The Bertz CT molecular complexity index is 446. The summed E-state index contributed by atoms with van der Waals surface area (Å²) in [5, 5.41) is 9.48. The first-order valence-corrected chi connectivity index (χ1v) is 6.62. The molecule has 3 N–H and O–H groups in total. The Hall–Kier alpha value is -1.46. The van der Waals surface area contributed by atoms with E-state index < -0.39 is 5.97 Å². The highest BCUT2D eigenvalue weighted by atomic mass is 35.5. The molecule has 0 aromatic heterocycles. The summed E-state index contributed by atoms with van der Waals surface area (Å²) in [6, 6.07) is 3.00. The predicted octanol–water partition coefficient (Wildman–Crippen LogP) is 2.48. The van der Waals surface area contributed by atoms with Crippen LogP contribution in [0, 0.1) is 0 Å². The second-order valence-electron chi connectivity index (χ2n) is 3.80. The fraction of sp³-hybridized carbons (Fsp3) is 0.462. The number of nitrogen functional groups attached to an aromatic ring is 1. The number of aromatic carboxylic acids is 1. The van der Waals surface area contributed by atoms with Gasteiger partial charge in [-0.1, -0.05) is 25.4 Å². The molecule has 1 aliphatic heterocycles. The third-order valence-electron chi connectivity index (χ3n) is 2.70. The molecule has 0 spiro atoms. The SMILES string of the molecule is CC.Nc1cc(Cl)c(N2CCOCC2)cc1C(=O)O. The Morgan fingerprint density at radius 2 is 1.95 bits per heavy atom. The van der Waals surface area contributed by atoms with Gasteiger partial charge in [-0.15, -0.1) is 0 Å². The van der Waals surface area contributed by atoms with E-state index in [4.69, 9.17) is 27.2 Å². The van der Waals surface area contributed by atoms with Crippen LogP contribution in [0.15, 0.2) is 12.1 Å². The van der Waals surface area contributed by atoms with Crippen molar-refractivity contribution in [3.8, 4) is 0 Å². The highest BCUT2D eigenvalue weighted by molar-refractivity contribution is 6.33. The monoisotopic (exact) mass is 286 g/mol. The van der Waals surface area contributed by atoms with Crippen LogP contribution in [0.1, 0.15) is 24.2 Å². The largest absolute Gasteiger partial charge is 0.478 e. The van der Waals surface area contributed by atoms with E-state index in [2.05, 4.69) is 0 Å². The van der Waals surface area contributed by atoms with Crippen molar-refractivity contribution in [3.63, 3.8) is 0 Å². The van der Waals surface area contributed by atoms with E-state index in [0.717, 1.165) is 0 Å². The molecule has 0 bridgehead atoms. The second-order valence-corrected chi connectivity index (χ2v) is 4.20. The zero-order valence-electron chi connectivity index (χ0n) is 11.1. The number of morpholine rings is 1. The molecular formula is C13H19ClN2O3. The average molecular weight is 287 g/mol. The van der Waals surface area contributed by atoms with Crippen LogP contribution >= 0.6 is 11.6 Å². The second kappa shape index (κ2) is 7.21. The Kier molecular flexibility index (Phi) is 5.92. The minimum atomic E-state index is -1.05. The molecule has 0 amide bonds. The van der Waals surface area contributed by atoms with E-state index in [1.165, 1.54) is 12.1 Å². The summed E-state index contributed by atoms with van der Waals surface area (Å²) >= 11 is 6.08. The van der Waals surface area contributed by atoms with Gasteiger partial charge < -0.3 is 20.5 Å². The number of carboxylic acids is 1. The van der Waals surface area contributed by atoms with E-state index in [0.29, 0.717) is 37.0 Å². The number of nitrogens with zero attached hydrogens (tertiary/aromatic N) is 1. The summed E-state index contributed by atoms with van der Waals surface area (Å²) in [7, 11) is 0. The van der Waals surface area contributed by atoms with Gasteiger partial charge >= 0.3 is 5.97 Å². The number of ether oxygens (including phenoxy) is 1. The molecule has 0 saturated carbocycles. The number of benzene rings is 1. The number of carbonyl (C=O) groups is 1. The van der Waals surface area contributed by atoms with Gasteiger partial charge in [0, 0.05) is 18.8 Å². The van der Waals surface area contributed by atoms with Gasteiger partial charge in [0.15, 0.2) is 0 Å². The number of rotatable bonds is 2. The third kappa shape index (κ3) is 3.75. The zero-order valence-corrected chi connectivity index (χ0v) is 11.9. The molecule has 0 atom stereocenters. The number of nitrogens with two attached hydrogens (primary N) is 1. The lowest BCUT2D eigenvalue weighted by molar-refractivity contribution is 0.0698. The Labute approximate surface area is 117 Å². The van der Waals surface area contributed by atoms with Crippen molar-refractivity contribution in [2.45, 2.75) is 13.8 Å². The van der Waals surface area contributed by atoms with Gasteiger partial charge in [0.1, 0.15) is 0 Å². The van der Waals surface area contributed by atoms with Crippen LogP contribution in [-0.2, 0) is 4.74 Å². The van der Waals surface area contributed by atoms with Gasteiger partial charge in [0.2, 0.25) is 0 Å². The zero-order chi connectivity index (χ0) is 14.4. The van der Waals surface area contributed by atoms with Crippen LogP contribution in [-0.4, -0.2) is 37.4 Å². The molecule has 2 rings (SSSR count). The maximum absolute atomic E-state index is 11.0. The molecule has 1 heterocycles. The summed E-state index contributed by atoms with van der Waals surface area (Å²) in [6.07, 6.45) is 0. The normalized spacial score (nSPS) is 14.6. The molecular weight excluding hydrogens is 268 g/mol. The molecule has 0 unspecified atom stereocenters. The van der Waals surface area contributed by atoms with E-state index >= 15 is 0 Å². The summed E-state index contributed by atoms with van der Waals surface area (Å²) < 4.78 is 5.24. The van der Waals surface area contributed by atoms with Gasteiger partial charge in [0.25, 0.3) is 0 Å². The fourth-order valence-electron chi connectivity index (χ4n) is 1.81. The number of anilines is 2. The number of halogens is 1. The van der Waals surface area contributed by atoms with Crippen LogP contribution in [0.25, 0.3) is 0 Å². The van der Waals surface area contributed by atoms with Crippen molar-refractivity contribution >= 4 is 28.9 Å². The van der Waals surface area contributed by atoms with Crippen LogP contribution in [0.5, 0.6) is 0 Å². The highest BCUT2D eigenvalue weighted by Crippen LogP contribution is 2.31. The molecule has 1 saturated heterocycles. The lowest BCUT2D eigenvalue weighted by atomic mass is 10.1. The van der Waals surface area contributed by atoms with Crippen molar-refractivity contribution in [3.05, 3.63) is 22.7 Å². The van der Waals surface area contributed by atoms with Crippen LogP contribution in [0.4, 0.5) is 11.4 Å². The number of carboxylic acid groups (broad SMARTS) is 1. The number of hydrogen-bond acceptors (Lipinski definition) is 4. The third-order valence-corrected chi connectivity index (χ3v) is 3.00. The molecule has 1 aromatic rings. The van der Waals surface area contributed by atoms with Crippen LogP contribution < -0.4 is 10.6 Å². The molecule has 0 radical (unpaired) electrons. The molecule has 5 nitrogen and oxygen atoms in total.